The standard InChI is InChI=1S/C16H26N2O2.ClH/c1-11(2)14-7-6-12(3)10-15(14)20-13(4)16(19)18-9-5-8-17;/h6-7,10-11,13H,5,8-9,17H2,1-4H3,(H,18,19);1H. The van der Waals surface area contributed by atoms with Crippen molar-refractivity contribution in [3.8, 4) is 5.75 Å². The van der Waals surface area contributed by atoms with E-state index in [4.69, 9.17) is 10.5 Å². The molecule has 0 saturated heterocycles. The van der Waals surface area contributed by atoms with Gasteiger partial charge in [-0.15, -0.1) is 12.4 Å². The van der Waals surface area contributed by atoms with Crippen LogP contribution in [0.2, 0.25) is 0 Å². The van der Waals surface area contributed by atoms with E-state index in [1.807, 2.05) is 13.0 Å². The van der Waals surface area contributed by atoms with Gasteiger partial charge in [0.05, 0.1) is 0 Å². The number of halogens is 1. The molecule has 0 aromatic heterocycles. The number of amides is 1. The highest BCUT2D eigenvalue weighted by Crippen LogP contribution is 2.28. The van der Waals surface area contributed by atoms with Crippen LogP contribution in [-0.2, 0) is 4.79 Å². The minimum Gasteiger partial charge on any atom is -0.481 e. The number of nitrogens with one attached hydrogen (secondary N) is 1. The molecule has 1 atom stereocenters. The second kappa shape index (κ2) is 9.64. The number of carbonyl (C=O) groups excluding carboxylic acids is 1. The largest absolute Gasteiger partial charge is 0.481 e. The summed E-state index contributed by atoms with van der Waals surface area (Å²) in [4.78, 5) is 11.9. The van der Waals surface area contributed by atoms with Gasteiger partial charge in [-0.2, -0.15) is 0 Å². The predicted molar refractivity (Wildman–Crippen MR) is 89.3 cm³/mol. The van der Waals surface area contributed by atoms with E-state index in [-0.39, 0.29) is 18.3 Å². The Morgan fingerprint density at radius 2 is 2.00 bits per heavy atom. The van der Waals surface area contributed by atoms with Gasteiger partial charge in [0.1, 0.15) is 5.75 Å². The number of carbonyl (C=O) groups is 1. The minimum absolute atomic E-state index is 0. The average molecular weight is 315 g/mol. The highest BCUT2D eigenvalue weighted by Gasteiger charge is 2.17. The number of benzene rings is 1. The Bertz CT molecular complexity index is 450. The molecular weight excluding hydrogens is 288 g/mol. The number of nitrogens with two attached hydrogens (primary N) is 1. The van der Waals surface area contributed by atoms with E-state index in [1.54, 1.807) is 6.92 Å². The quantitative estimate of drug-likeness (QED) is 0.761. The lowest BCUT2D eigenvalue weighted by molar-refractivity contribution is -0.127. The van der Waals surface area contributed by atoms with E-state index in [9.17, 15) is 4.79 Å². The van der Waals surface area contributed by atoms with Crippen molar-refractivity contribution < 1.29 is 9.53 Å². The topological polar surface area (TPSA) is 64.3 Å². The Morgan fingerprint density at radius 1 is 1.33 bits per heavy atom. The van der Waals surface area contributed by atoms with Gasteiger partial charge in [0.2, 0.25) is 0 Å². The predicted octanol–water partition coefficient (Wildman–Crippen LogP) is 2.77. The van der Waals surface area contributed by atoms with E-state index < -0.39 is 6.10 Å². The van der Waals surface area contributed by atoms with Gasteiger partial charge in [-0.25, -0.2) is 0 Å². The molecule has 0 heterocycles. The fourth-order valence-electron chi connectivity index (χ4n) is 1.92. The summed E-state index contributed by atoms with van der Waals surface area (Å²) in [6.07, 6.45) is 0.271. The average Bonchev–Trinajstić information content (AvgIpc) is 2.38. The highest BCUT2D eigenvalue weighted by atomic mass is 35.5. The molecule has 5 heteroatoms. The molecule has 0 bridgehead atoms. The molecule has 0 aliphatic heterocycles. The Balaban J connectivity index is 0.00000400. The zero-order valence-electron chi connectivity index (χ0n) is 13.3. The Kier molecular flexibility index (Phi) is 9.06. The third-order valence-corrected chi connectivity index (χ3v) is 3.14. The summed E-state index contributed by atoms with van der Waals surface area (Å²) in [5.74, 6) is 1.05. The van der Waals surface area contributed by atoms with E-state index in [0.717, 1.165) is 23.3 Å². The van der Waals surface area contributed by atoms with Crippen molar-refractivity contribution in [2.75, 3.05) is 13.1 Å². The molecule has 3 N–H and O–H groups in total. The molecular formula is C16H27ClN2O2. The summed E-state index contributed by atoms with van der Waals surface area (Å²) < 4.78 is 5.84. The van der Waals surface area contributed by atoms with Crippen molar-refractivity contribution in [3.63, 3.8) is 0 Å². The summed E-state index contributed by atoms with van der Waals surface area (Å²) in [5, 5.41) is 2.82. The summed E-state index contributed by atoms with van der Waals surface area (Å²) in [5.41, 5.74) is 7.65. The lowest BCUT2D eigenvalue weighted by Crippen LogP contribution is -2.37. The minimum atomic E-state index is -0.507. The molecule has 1 aromatic carbocycles. The van der Waals surface area contributed by atoms with Crippen molar-refractivity contribution in [1.82, 2.24) is 5.32 Å². The van der Waals surface area contributed by atoms with Gasteiger partial charge in [-0.1, -0.05) is 26.0 Å². The molecule has 1 amide bonds. The second-order valence-electron chi connectivity index (χ2n) is 5.39. The molecule has 4 nitrogen and oxygen atoms in total. The zero-order valence-corrected chi connectivity index (χ0v) is 14.1. The normalized spacial score (nSPS) is 11.7. The lowest BCUT2D eigenvalue weighted by Gasteiger charge is -2.19. The van der Waals surface area contributed by atoms with Crippen molar-refractivity contribution >= 4 is 18.3 Å². The fraction of sp³-hybridized carbons (Fsp3) is 0.562. The van der Waals surface area contributed by atoms with Gasteiger partial charge in [0.25, 0.3) is 5.91 Å². The number of aryl methyl sites for hydroxylation is 1. The van der Waals surface area contributed by atoms with Gasteiger partial charge in [0, 0.05) is 6.54 Å². The van der Waals surface area contributed by atoms with Crippen LogP contribution in [0, 0.1) is 6.92 Å². The van der Waals surface area contributed by atoms with Crippen LogP contribution in [0.5, 0.6) is 5.75 Å². The van der Waals surface area contributed by atoms with Gasteiger partial charge in [0.15, 0.2) is 6.10 Å². The molecule has 1 rings (SSSR count). The van der Waals surface area contributed by atoms with Gasteiger partial charge in [-0.3, -0.25) is 4.79 Å². The SMILES string of the molecule is Cc1ccc(C(C)C)c(OC(C)C(=O)NCCCN)c1.Cl. The maximum atomic E-state index is 11.9. The molecule has 0 spiro atoms. The van der Waals surface area contributed by atoms with E-state index in [0.29, 0.717) is 19.0 Å². The smallest absolute Gasteiger partial charge is 0.260 e. The van der Waals surface area contributed by atoms with Gasteiger partial charge >= 0.3 is 0 Å². The highest BCUT2D eigenvalue weighted by molar-refractivity contribution is 5.85. The Morgan fingerprint density at radius 3 is 2.57 bits per heavy atom. The van der Waals surface area contributed by atoms with Crippen LogP contribution in [0.4, 0.5) is 0 Å². The van der Waals surface area contributed by atoms with Crippen molar-refractivity contribution in [2.45, 2.75) is 46.1 Å². The molecule has 21 heavy (non-hydrogen) atoms. The lowest BCUT2D eigenvalue weighted by atomic mass is 10.0. The summed E-state index contributed by atoms with van der Waals surface area (Å²) >= 11 is 0. The van der Waals surface area contributed by atoms with E-state index in [1.165, 1.54) is 0 Å². The van der Waals surface area contributed by atoms with Gasteiger partial charge in [-0.05, 0) is 49.9 Å². The number of hydrogen-bond acceptors (Lipinski definition) is 3. The molecule has 0 fully saturated rings. The van der Waals surface area contributed by atoms with Crippen LogP contribution < -0.4 is 15.8 Å². The molecule has 0 aliphatic carbocycles. The van der Waals surface area contributed by atoms with Crippen LogP contribution in [0.3, 0.4) is 0 Å². The third kappa shape index (κ3) is 6.36. The maximum absolute atomic E-state index is 11.9. The summed E-state index contributed by atoms with van der Waals surface area (Å²) in [6.45, 7) is 9.18. The van der Waals surface area contributed by atoms with Crippen LogP contribution in [-0.4, -0.2) is 25.1 Å². The van der Waals surface area contributed by atoms with Crippen LogP contribution in [0.1, 0.15) is 44.2 Å². The van der Waals surface area contributed by atoms with Crippen LogP contribution >= 0.6 is 12.4 Å². The number of ether oxygens (including phenoxy) is 1. The van der Waals surface area contributed by atoms with Crippen molar-refractivity contribution in [2.24, 2.45) is 5.73 Å². The molecule has 0 radical (unpaired) electrons. The molecule has 0 saturated carbocycles. The van der Waals surface area contributed by atoms with Crippen LogP contribution in [0.25, 0.3) is 0 Å². The number of rotatable bonds is 7. The number of hydrogen-bond donors (Lipinski definition) is 2. The first kappa shape index (κ1) is 19.7. The van der Waals surface area contributed by atoms with Crippen molar-refractivity contribution in [1.29, 1.82) is 0 Å². The molecule has 120 valence electrons. The Labute approximate surface area is 133 Å². The monoisotopic (exact) mass is 314 g/mol. The Hall–Kier alpha value is -1.26. The summed E-state index contributed by atoms with van der Waals surface area (Å²) in [6, 6.07) is 6.11. The zero-order chi connectivity index (χ0) is 15.1. The maximum Gasteiger partial charge on any atom is 0.260 e. The fourth-order valence-corrected chi connectivity index (χ4v) is 1.92. The molecule has 0 aliphatic rings. The van der Waals surface area contributed by atoms with Crippen molar-refractivity contribution in [3.05, 3.63) is 29.3 Å². The first-order chi connectivity index (χ1) is 9.45. The summed E-state index contributed by atoms with van der Waals surface area (Å²) in [7, 11) is 0. The molecule has 1 unspecified atom stereocenters. The third-order valence-electron chi connectivity index (χ3n) is 3.14. The van der Waals surface area contributed by atoms with E-state index >= 15 is 0 Å². The first-order valence-electron chi connectivity index (χ1n) is 7.20. The molecule has 1 aromatic rings. The van der Waals surface area contributed by atoms with E-state index in [2.05, 4.69) is 31.3 Å². The first-order valence-corrected chi connectivity index (χ1v) is 7.20. The van der Waals surface area contributed by atoms with Gasteiger partial charge < -0.3 is 15.8 Å². The van der Waals surface area contributed by atoms with Crippen LogP contribution in [0.15, 0.2) is 18.2 Å². The second-order valence-corrected chi connectivity index (χ2v) is 5.39.